The zero-order valence-corrected chi connectivity index (χ0v) is 13.7. The Kier molecular flexibility index (Phi) is 6.14. The van der Waals surface area contributed by atoms with Crippen LogP contribution in [0.1, 0.15) is 18.4 Å². The van der Waals surface area contributed by atoms with Crippen molar-refractivity contribution >= 4 is 34.0 Å². The van der Waals surface area contributed by atoms with Crippen LogP contribution in [-0.2, 0) is 16.2 Å². The number of alkyl halides is 3. The number of hydrogen-bond donors (Lipinski definition) is 1. The number of benzene rings is 1. The summed E-state index contributed by atoms with van der Waals surface area (Å²) in [5.41, 5.74) is 4.25. The lowest BCUT2D eigenvalue weighted by atomic mass is 10.2. The molecular formula is C12H15Cl2F3N2O2S. The van der Waals surface area contributed by atoms with E-state index in [1.807, 2.05) is 0 Å². The van der Waals surface area contributed by atoms with Crippen molar-refractivity contribution in [2.24, 2.45) is 5.73 Å². The van der Waals surface area contributed by atoms with Crippen molar-refractivity contribution in [2.45, 2.75) is 30.0 Å². The maximum absolute atomic E-state index is 13.1. The maximum atomic E-state index is 13.1. The van der Waals surface area contributed by atoms with Crippen LogP contribution in [0, 0.1) is 0 Å². The lowest BCUT2D eigenvalue weighted by Crippen LogP contribution is -2.40. The minimum atomic E-state index is -4.80. The summed E-state index contributed by atoms with van der Waals surface area (Å²) < 4.78 is 65.2. The fraction of sp³-hybridized carbons (Fsp3) is 0.500. The molecule has 1 aliphatic rings. The van der Waals surface area contributed by atoms with E-state index in [0.717, 1.165) is 16.4 Å². The second-order valence-corrected chi connectivity index (χ2v) is 7.08. The second-order valence-electron chi connectivity index (χ2n) is 4.79. The summed E-state index contributed by atoms with van der Waals surface area (Å²) in [6.45, 7) is 0.248. The van der Waals surface area contributed by atoms with Gasteiger partial charge in [-0.25, -0.2) is 8.42 Å². The van der Waals surface area contributed by atoms with Gasteiger partial charge in [0.15, 0.2) is 0 Å². The van der Waals surface area contributed by atoms with Crippen molar-refractivity contribution in [1.29, 1.82) is 0 Å². The first-order valence-corrected chi connectivity index (χ1v) is 8.08. The quantitative estimate of drug-likeness (QED) is 0.879. The molecule has 4 nitrogen and oxygen atoms in total. The molecule has 10 heteroatoms. The van der Waals surface area contributed by atoms with Crippen LogP contribution in [0.25, 0.3) is 0 Å². The van der Waals surface area contributed by atoms with Gasteiger partial charge in [-0.2, -0.15) is 17.5 Å². The predicted octanol–water partition coefficient (Wildman–Crippen LogP) is 2.89. The first-order valence-electron chi connectivity index (χ1n) is 6.26. The van der Waals surface area contributed by atoms with Crippen LogP contribution in [0.5, 0.6) is 0 Å². The third-order valence-electron chi connectivity index (χ3n) is 3.43. The largest absolute Gasteiger partial charge is 0.417 e. The molecule has 1 atom stereocenters. The molecule has 126 valence electrons. The number of sulfonamides is 1. The number of rotatable bonds is 3. The Morgan fingerprint density at radius 2 is 2.00 bits per heavy atom. The van der Waals surface area contributed by atoms with Gasteiger partial charge >= 0.3 is 6.18 Å². The lowest BCUT2D eigenvalue weighted by molar-refractivity contribution is -0.139. The van der Waals surface area contributed by atoms with Gasteiger partial charge in [-0.05, 0) is 31.0 Å². The molecule has 1 aromatic carbocycles. The highest BCUT2D eigenvalue weighted by Crippen LogP contribution is 2.38. The summed E-state index contributed by atoms with van der Waals surface area (Å²) in [5.74, 6) is 0. The molecule has 1 fully saturated rings. The van der Waals surface area contributed by atoms with E-state index in [1.54, 1.807) is 0 Å². The average Bonchev–Trinajstić information content (AvgIpc) is 2.86. The second kappa shape index (κ2) is 6.92. The number of nitrogens with zero attached hydrogens (tertiary/aromatic N) is 1. The summed E-state index contributed by atoms with van der Waals surface area (Å²) in [6.07, 6.45) is -3.67. The molecule has 2 N–H and O–H groups in total. The van der Waals surface area contributed by atoms with Gasteiger partial charge in [-0.15, -0.1) is 12.4 Å². The zero-order valence-electron chi connectivity index (χ0n) is 11.3. The third kappa shape index (κ3) is 3.68. The van der Waals surface area contributed by atoms with Crippen LogP contribution in [0.2, 0.25) is 5.02 Å². The van der Waals surface area contributed by atoms with Gasteiger partial charge in [0.05, 0.1) is 10.5 Å². The van der Waals surface area contributed by atoms with Crippen molar-refractivity contribution in [1.82, 2.24) is 4.31 Å². The maximum Gasteiger partial charge on any atom is 0.417 e. The number of nitrogens with two attached hydrogens (primary N) is 1. The normalized spacial score (nSPS) is 20.0. The fourth-order valence-electron chi connectivity index (χ4n) is 2.44. The molecule has 0 aliphatic carbocycles. The van der Waals surface area contributed by atoms with E-state index in [0.29, 0.717) is 18.9 Å². The standard InChI is InChI=1S/C12H14ClF3N2O2S.ClH/c13-8-3-4-11(10(6-8)12(14,15)16)21(19,20)18-5-1-2-9(18)7-17;/h3-4,6,9H,1-2,5,7,17H2;1H. The molecule has 1 aromatic rings. The van der Waals surface area contributed by atoms with Gasteiger partial charge in [-0.3, -0.25) is 0 Å². The topological polar surface area (TPSA) is 63.4 Å². The molecule has 1 aliphatic heterocycles. The third-order valence-corrected chi connectivity index (χ3v) is 5.67. The molecule has 1 unspecified atom stereocenters. The monoisotopic (exact) mass is 378 g/mol. The highest BCUT2D eigenvalue weighted by Gasteiger charge is 2.41. The van der Waals surface area contributed by atoms with E-state index in [1.165, 1.54) is 0 Å². The molecule has 0 bridgehead atoms. The van der Waals surface area contributed by atoms with Crippen molar-refractivity contribution in [3.8, 4) is 0 Å². The fourth-order valence-corrected chi connectivity index (χ4v) is 4.51. The molecule has 0 radical (unpaired) electrons. The van der Waals surface area contributed by atoms with Gasteiger partial charge in [0, 0.05) is 24.2 Å². The SMILES string of the molecule is Cl.NCC1CCCN1S(=O)(=O)c1ccc(Cl)cc1C(F)(F)F. The van der Waals surface area contributed by atoms with Crippen molar-refractivity contribution in [3.05, 3.63) is 28.8 Å². The number of halogens is 5. The highest BCUT2D eigenvalue weighted by atomic mass is 35.5. The zero-order chi connectivity index (χ0) is 15.8. The van der Waals surface area contributed by atoms with E-state index < -0.39 is 32.7 Å². The van der Waals surface area contributed by atoms with E-state index in [-0.39, 0.29) is 30.5 Å². The summed E-state index contributed by atoms with van der Waals surface area (Å²) in [7, 11) is -4.26. The van der Waals surface area contributed by atoms with Crippen molar-refractivity contribution in [2.75, 3.05) is 13.1 Å². The lowest BCUT2D eigenvalue weighted by Gasteiger charge is -2.24. The predicted molar refractivity (Wildman–Crippen MR) is 79.7 cm³/mol. The molecule has 0 aromatic heterocycles. The molecule has 1 heterocycles. The molecule has 0 saturated carbocycles. The number of hydrogen-bond acceptors (Lipinski definition) is 3. The Morgan fingerprint density at radius 1 is 1.36 bits per heavy atom. The van der Waals surface area contributed by atoms with Gasteiger partial charge < -0.3 is 5.73 Å². The molecular weight excluding hydrogens is 364 g/mol. The van der Waals surface area contributed by atoms with Crippen LogP contribution >= 0.6 is 24.0 Å². The Bertz CT molecular complexity index is 638. The van der Waals surface area contributed by atoms with Crippen LogP contribution < -0.4 is 5.73 Å². The van der Waals surface area contributed by atoms with E-state index in [2.05, 4.69) is 0 Å². The molecule has 0 amide bonds. The van der Waals surface area contributed by atoms with Gasteiger partial charge in [-0.1, -0.05) is 11.6 Å². The van der Waals surface area contributed by atoms with Crippen molar-refractivity contribution in [3.63, 3.8) is 0 Å². The summed E-state index contributed by atoms with van der Waals surface area (Å²) in [6, 6.07) is 2.19. The Morgan fingerprint density at radius 3 is 2.55 bits per heavy atom. The molecule has 2 rings (SSSR count). The van der Waals surface area contributed by atoms with Crippen molar-refractivity contribution < 1.29 is 21.6 Å². The van der Waals surface area contributed by atoms with Gasteiger partial charge in [0.1, 0.15) is 0 Å². The summed E-state index contributed by atoms with van der Waals surface area (Å²) >= 11 is 5.56. The smallest absolute Gasteiger partial charge is 0.329 e. The van der Waals surface area contributed by atoms with Crippen LogP contribution in [0.15, 0.2) is 23.1 Å². The van der Waals surface area contributed by atoms with Gasteiger partial charge in [0.2, 0.25) is 10.0 Å². The Balaban J connectivity index is 0.00000242. The minimum absolute atomic E-state index is 0. The van der Waals surface area contributed by atoms with Crippen LogP contribution in [0.3, 0.4) is 0 Å². The molecule has 22 heavy (non-hydrogen) atoms. The van der Waals surface area contributed by atoms with Gasteiger partial charge in [0.25, 0.3) is 0 Å². The van der Waals surface area contributed by atoms with Crippen LogP contribution in [-0.4, -0.2) is 31.9 Å². The summed E-state index contributed by atoms with van der Waals surface area (Å²) in [4.78, 5) is -0.778. The van der Waals surface area contributed by atoms with E-state index in [4.69, 9.17) is 17.3 Å². The van der Waals surface area contributed by atoms with Crippen LogP contribution in [0.4, 0.5) is 13.2 Å². The molecule has 1 saturated heterocycles. The average molecular weight is 379 g/mol. The van der Waals surface area contributed by atoms with E-state index >= 15 is 0 Å². The molecule has 0 spiro atoms. The first-order chi connectivity index (χ1) is 9.67. The minimum Gasteiger partial charge on any atom is -0.329 e. The highest BCUT2D eigenvalue weighted by molar-refractivity contribution is 7.89. The first kappa shape index (κ1) is 19.5. The van der Waals surface area contributed by atoms with E-state index in [9.17, 15) is 21.6 Å². The summed E-state index contributed by atoms with van der Waals surface area (Å²) in [5, 5.41) is -0.168. The Hall–Kier alpha value is -0.540. The Labute approximate surface area is 137 Å².